The van der Waals surface area contributed by atoms with Gasteiger partial charge in [-0.25, -0.2) is 4.79 Å². The fourth-order valence-corrected chi connectivity index (χ4v) is 3.20. The highest BCUT2D eigenvalue weighted by Crippen LogP contribution is 2.18. The summed E-state index contributed by atoms with van der Waals surface area (Å²) in [6.07, 6.45) is 3.43. The van der Waals surface area contributed by atoms with Crippen molar-refractivity contribution in [1.29, 1.82) is 0 Å². The van der Waals surface area contributed by atoms with Gasteiger partial charge in [0, 0.05) is 24.4 Å². The Morgan fingerprint density at radius 2 is 2.13 bits per heavy atom. The average Bonchev–Trinajstić information content (AvgIpc) is 2.59. The number of nitrogens with zero attached hydrogens (tertiary/aromatic N) is 1. The number of fused-ring (bicyclic) bond motifs is 1. The predicted molar refractivity (Wildman–Crippen MR) is 87.7 cm³/mol. The fourth-order valence-electron chi connectivity index (χ4n) is 3.20. The first-order valence-electron chi connectivity index (χ1n) is 8.10. The van der Waals surface area contributed by atoms with E-state index in [1.807, 2.05) is 12.1 Å². The molecule has 1 aromatic heterocycles. The molecule has 5 nitrogen and oxygen atoms in total. The van der Waals surface area contributed by atoms with E-state index in [4.69, 9.17) is 4.42 Å². The number of carbonyl (C=O) groups excluding carboxylic acids is 1. The molecule has 0 spiro atoms. The van der Waals surface area contributed by atoms with Crippen molar-refractivity contribution >= 4 is 16.8 Å². The van der Waals surface area contributed by atoms with Gasteiger partial charge in [0.2, 0.25) is 0 Å². The number of piperidine rings is 1. The zero-order valence-corrected chi connectivity index (χ0v) is 13.0. The lowest BCUT2D eigenvalue weighted by molar-refractivity contribution is 0.0791. The van der Waals surface area contributed by atoms with Crippen molar-refractivity contribution in [2.24, 2.45) is 0 Å². The third kappa shape index (κ3) is 3.51. The van der Waals surface area contributed by atoms with Crippen LogP contribution in [0.25, 0.3) is 11.0 Å². The maximum Gasteiger partial charge on any atom is 0.347 e. The van der Waals surface area contributed by atoms with Gasteiger partial charge < -0.3 is 9.52 Å². The molecule has 1 aliphatic heterocycles. The van der Waals surface area contributed by atoms with E-state index in [-0.39, 0.29) is 30.4 Å². The van der Waals surface area contributed by atoms with E-state index >= 15 is 0 Å². The topological polar surface area (TPSA) is 70.8 Å². The number of likely N-dealkylation sites (tertiary alicyclic amines) is 1. The van der Waals surface area contributed by atoms with Crippen LogP contribution in [0.4, 0.5) is 0 Å². The van der Waals surface area contributed by atoms with Crippen molar-refractivity contribution in [2.75, 3.05) is 19.7 Å². The maximum absolute atomic E-state index is 12.4. The molecule has 1 aromatic carbocycles. The van der Waals surface area contributed by atoms with Gasteiger partial charge in [0.1, 0.15) is 11.1 Å². The molecule has 23 heavy (non-hydrogen) atoms. The average molecular weight is 315 g/mol. The summed E-state index contributed by atoms with van der Waals surface area (Å²) < 4.78 is 5.22. The number of hydrogen-bond donors (Lipinski definition) is 1. The number of benzene rings is 1. The maximum atomic E-state index is 12.4. The van der Waals surface area contributed by atoms with E-state index in [1.54, 1.807) is 18.2 Å². The summed E-state index contributed by atoms with van der Waals surface area (Å²) in [5.74, 6) is -0.202. The summed E-state index contributed by atoms with van der Waals surface area (Å²) in [6, 6.07) is 8.91. The molecule has 3 rings (SSSR count). The first-order valence-corrected chi connectivity index (χ1v) is 8.10. The van der Waals surface area contributed by atoms with E-state index in [0.717, 1.165) is 31.2 Å². The molecule has 1 aliphatic rings. The highest BCUT2D eigenvalue weighted by Gasteiger charge is 2.23. The van der Waals surface area contributed by atoms with Gasteiger partial charge in [-0.05, 0) is 31.5 Å². The number of rotatable bonds is 5. The van der Waals surface area contributed by atoms with Crippen molar-refractivity contribution in [1.82, 2.24) is 4.90 Å². The van der Waals surface area contributed by atoms with Gasteiger partial charge in [-0.1, -0.05) is 24.6 Å². The lowest BCUT2D eigenvalue weighted by Gasteiger charge is -2.34. The smallest absolute Gasteiger partial charge is 0.347 e. The van der Waals surface area contributed by atoms with Gasteiger partial charge in [-0.15, -0.1) is 0 Å². The van der Waals surface area contributed by atoms with Gasteiger partial charge in [-0.3, -0.25) is 9.69 Å². The summed E-state index contributed by atoms with van der Waals surface area (Å²) in [6.45, 7) is 1.58. The number of para-hydroxylation sites is 1. The Kier molecular flexibility index (Phi) is 4.88. The van der Waals surface area contributed by atoms with Crippen LogP contribution in [-0.4, -0.2) is 41.5 Å². The molecule has 0 aliphatic carbocycles. The molecule has 122 valence electrons. The van der Waals surface area contributed by atoms with Crippen molar-refractivity contribution < 1.29 is 14.3 Å². The molecule has 1 unspecified atom stereocenters. The molecular weight excluding hydrogens is 294 g/mol. The minimum absolute atomic E-state index is 0.112. The molecule has 1 atom stereocenters. The third-order valence-corrected chi connectivity index (χ3v) is 4.53. The Labute approximate surface area is 134 Å². The largest absolute Gasteiger partial charge is 0.422 e. The highest BCUT2D eigenvalue weighted by atomic mass is 16.4. The first kappa shape index (κ1) is 15.9. The minimum atomic E-state index is -0.578. The molecule has 1 N–H and O–H groups in total. The molecule has 0 amide bonds. The third-order valence-electron chi connectivity index (χ3n) is 4.53. The zero-order valence-electron chi connectivity index (χ0n) is 13.0. The summed E-state index contributed by atoms with van der Waals surface area (Å²) in [7, 11) is 0. The van der Waals surface area contributed by atoms with Crippen molar-refractivity contribution in [3.8, 4) is 0 Å². The first-order chi connectivity index (χ1) is 11.2. The number of ketones is 1. The SMILES string of the molecule is O=C(CCN1CCCCC1CO)c1cc2ccccc2oc1=O. The van der Waals surface area contributed by atoms with Crippen LogP contribution in [0.2, 0.25) is 0 Å². The lowest BCUT2D eigenvalue weighted by atomic mass is 10.0. The van der Waals surface area contributed by atoms with Gasteiger partial charge in [-0.2, -0.15) is 0 Å². The monoisotopic (exact) mass is 315 g/mol. The molecule has 2 heterocycles. The summed E-state index contributed by atoms with van der Waals surface area (Å²) in [5, 5.41) is 10.2. The quantitative estimate of drug-likeness (QED) is 0.676. The van der Waals surface area contributed by atoms with Crippen LogP contribution in [0.3, 0.4) is 0 Å². The fraction of sp³-hybridized carbons (Fsp3) is 0.444. The van der Waals surface area contributed by atoms with E-state index in [9.17, 15) is 14.7 Å². The van der Waals surface area contributed by atoms with Crippen LogP contribution in [0.1, 0.15) is 36.0 Å². The van der Waals surface area contributed by atoms with Gasteiger partial charge >= 0.3 is 5.63 Å². The van der Waals surface area contributed by atoms with Crippen molar-refractivity contribution in [3.63, 3.8) is 0 Å². The van der Waals surface area contributed by atoms with Gasteiger partial charge in [0.15, 0.2) is 5.78 Å². The van der Waals surface area contributed by atoms with Gasteiger partial charge in [0.05, 0.1) is 6.61 Å². The van der Waals surface area contributed by atoms with E-state index < -0.39 is 5.63 Å². The molecular formula is C18H21NO4. The molecule has 5 heteroatoms. The molecule has 1 fully saturated rings. The predicted octanol–water partition coefficient (Wildman–Crippen LogP) is 2.21. The number of aliphatic hydroxyl groups excluding tert-OH is 1. The lowest BCUT2D eigenvalue weighted by Crippen LogP contribution is -2.42. The Hall–Kier alpha value is -1.98. The second kappa shape index (κ2) is 7.06. The molecule has 0 bridgehead atoms. The summed E-state index contributed by atoms with van der Waals surface area (Å²) >= 11 is 0. The number of aliphatic hydroxyl groups is 1. The molecule has 2 aromatic rings. The normalized spacial score (nSPS) is 19.1. The van der Waals surface area contributed by atoms with E-state index in [1.165, 1.54) is 0 Å². The van der Waals surface area contributed by atoms with Crippen LogP contribution < -0.4 is 5.63 Å². The van der Waals surface area contributed by atoms with Crippen molar-refractivity contribution in [3.05, 3.63) is 46.3 Å². The second-order valence-electron chi connectivity index (χ2n) is 6.03. The second-order valence-corrected chi connectivity index (χ2v) is 6.03. The van der Waals surface area contributed by atoms with Crippen LogP contribution in [-0.2, 0) is 0 Å². The van der Waals surface area contributed by atoms with E-state index in [0.29, 0.717) is 12.1 Å². The number of Topliss-reactive ketones (excluding diaryl/α,β-unsaturated/α-hetero) is 1. The molecule has 0 saturated carbocycles. The van der Waals surface area contributed by atoms with Gasteiger partial charge in [0.25, 0.3) is 0 Å². The molecule has 0 radical (unpaired) electrons. The summed E-state index contributed by atoms with van der Waals surface area (Å²) in [4.78, 5) is 26.5. The Bertz CT molecular complexity index is 752. The van der Waals surface area contributed by atoms with Crippen molar-refractivity contribution in [2.45, 2.75) is 31.7 Å². The Balaban J connectivity index is 1.73. The van der Waals surface area contributed by atoms with Crippen LogP contribution in [0, 0.1) is 0 Å². The highest BCUT2D eigenvalue weighted by molar-refractivity contribution is 5.98. The Morgan fingerprint density at radius 1 is 1.30 bits per heavy atom. The van der Waals surface area contributed by atoms with Crippen LogP contribution >= 0.6 is 0 Å². The summed E-state index contributed by atoms with van der Waals surface area (Å²) in [5.41, 5.74) is 0.0257. The minimum Gasteiger partial charge on any atom is -0.422 e. The standard InChI is InChI=1S/C18H21NO4/c20-12-14-6-3-4-9-19(14)10-8-16(21)15-11-13-5-1-2-7-17(13)23-18(15)22/h1-2,5,7,11,14,20H,3-4,6,8-10,12H2. The Morgan fingerprint density at radius 3 is 2.96 bits per heavy atom. The molecule has 1 saturated heterocycles. The zero-order chi connectivity index (χ0) is 16.2. The van der Waals surface area contributed by atoms with E-state index in [2.05, 4.69) is 4.90 Å². The van der Waals surface area contributed by atoms with Crippen LogP contribution in [0.5, 0.6) is 0 Å². The number of carbonyl (C=O) groups is 1. The van der Waals surface area contributed by atoms with Crippen LogP contribution in [0.15, 0.2) is 39.5 Å². The number of hydrogen-bond acceptors (Lipinski definition) is 5.